The number of hydrogen-bond acceptors (Lipinski definition) is 4. The van der Waals surface area contributed by atoms with E-state index in [2.05, 4.69) is 10.1 Å². The Morgan fingerprint density at radius 1 is 1.33 bits per heavy atom. The number of carbonyl (C=O) groups is 1. The number of halogens is 2. The molecule has 0 aromatic heterocycles. The van der Waals surface area contributed by atoms with Crippen LogP contribution in [0.4, 0.5) is 8.78 Å². The van der Waals surface area contributed by atoms with Gasteiger partial charge in [0.05, 0.1) is 13.7 Å². The van der Waals surface area contributed by atoms with Crippen molar-refractivity contribution in [3.05, 3.63) is 35.4 Å². The number of benzene rings is 1. The summed E-state index contributed by atoms with van der Waals surface area (Å²) in [6.07, 6.45) is 0. The van der Waals surface area contributed by atoms with Gasteiger partial charge in [-0.05, 0) is 17.7 Å². The molecule has 0 fully saturated rings. The van der Waals surface area contributed by atoms with Gasteiger partial charge in [-0.2, -0.15) is 0 Å². The molecule has 0 aliphatic heterocycles. The number of rotatable bonds is 6. The Balaban J connectivity index is 2.87. The molecule has 0 heterocycles. The van der Waals surface area contributed by atoms with Crippen molar-refractivity contribution in [2.75, 3.05) is 27.4 Å². The first-order chi connectivity index (χ1) is 8.60. The van der Waals surface area contributed by atoms with Gasteiger partial charge in [-0.25, -0.2) is 13.6 Å². The van der Waals surface area contributed by atoms with E-state index in [0.29, 0.717) is 18.7 Å². The molecule has 1 aromatic carbocycles. The van der Waals surface area contributed by atoms with Gasteiger partial charge in [-0.1, -0.05) is 6.07 Å². The fourth-order valence-corrected chi connectivity index (χ4v) is 1.45. The third-order valence-corrected chi connectivity index (χ3v) is 2.37. The fourth-order valence-electron chi connectivity index (χ4n) is 1.45. The molecule has 0 bridgehead atoms. The second kappa shape index (κ2) is 7.03. The van der Waals surface area contributed by atoms with Crippen molar-refractivity contribution in [1.29, 1.82) is 0 Å². The molecule has 6 heteroatoms. The van der Waals surface area contributed by atoms with Crippen LogP contribution in [0.2, 0.25) is 0 Å². The van der Waals surface area contributed by atoms with Crippen LogP contribution in [0.25, 0.3) is 0 Å². The second-order valence-electron chi connectivity index (χ2n) is 3.58. The van der Waals surface area contributed by atoms with E-state index in [9.17, 15) is 13.6 Å². The van der Waals surface area contributed by atoms with Gasteiger partial charge in [0.2, 0.25) is 0 Å². The number of carbonyl (C=O) groups excluding carboxylic acids is 1. The maximum absolute atomic E-state index is 13.1. The second-order valence-corrected chi connectivity index (χ2v) is 3.58. The number of hydrogen-bond donors (Lipinski definition) is 1. The molecule has 0 spiro atoms. The lowest BCUT2D eigenvalue weighted by Gasteiger charge is -2.16. The van der Waals surface area contributed by atoms with Gasteiger partial charge in [-0.15, -0.1) is 0 Å². The first-order valence-electron chi connectivity index (χ1n) is 5.35. The van der Waals surface area contributed by atoms with Gasteiger partial charge < -0.3 is 9.47 Å². The number of esters is 1. The third kappa shape index (κ3) is 3.75. The molecule has 18 heavy (non-hydrogen) atoms. The van der Waals surface area contributed by atoms with Gasteiger partial charge in [0.25, 0.3) is 0 Å². The Hall–Kier alpha value is -1.53. The van der Waals surface area contributed by atoms with E-state index < -0.39 is 23.6 Å². The summed E-state index contributed by atoms with van der Waals surface area (Å²) in [5.41, 5.74) is 0.303. The van der Waals surface area contributed by atoms with Crippen LogP contribution in [0, 0.1) is 11.6 Å². The molecule has 100 valence electrons. The standard InChI is InChI=1S/C12H15F2NO3/c1-17-6-5-15-11(12(16)18-2)8-3-4-9(13)10(14)7-8/h3-4,7,11,15H,5-6H2,1-2H3. The summed E-state index contributed by atoms with van der Waals surface area (Å²) in [6.45, 7) is 0.770. The summed E-state index contributed by atoms with van der Waals surface area (Å²) in [6, 6.07) is 2.43. The first-order valence-corrected chi connectivity index (χ1v) is 5.35. The molecule has 0 aliphatic rings. The van der Waals surface area contributed by atoms with Crippen LogP contribution in [0.1, 0.15) is 11.6 Å². The van der Waals surface area contributed by atoms with Crippen molar-refractivity contribution in [2.24, 2.45) is 0 Å². The maximum Gasteiger partial charge on any atom is 0.327 e. The predicted molar refractivity (Wildman–Crippen MR) is 61.0 cm³/mol. The quantitative estimate of drug-likeness (QED) is 0.620. The summed E-state index contributed by atoms with van der Waals surface area (Å²) >= 11 is 0. The van der Waals surface area contributed by atoms with Crippen LogP contribution in [0.15, 0.2) is 18.2 Å². The molecule has 4 nitrogen and oxygen atoms in total. The highest BCUT2D eigenvalue weighted by atomic mass is 19.2. The maximum atomic E-state index is 13.1. The van der Waals surface area contributed by atoms with Crippen molar-refractivity contribution in [2.45, 2.75) is 6.04 Å². The Kier molecular flexibility index (Phi) is 5.67. The van der Waals surface area contributed by atoms with Crippen molar-refractivity contribution in [1.82, 2.24) is 5.32 Å². The summed E-state index contributed by atoms with van der Waals surface area (Å²) in [4.78, 5) is 11.6. The predicted octanol–water partition coefficient (Wildman–Crippen LogP) is 1.41. The van der Waals surface area contributed by atoms with Gasteiger partial charge in [0.1, 0.15) is 6.04 Å². The normalized spacial score (nSPS) is 12.2. The summed E-state index contributed by atoms with van der Waals surface area (Å²) in [5.74, 6) is -2.54. The lowest BCUT2D eigenvalue weighted by molar-refractivity contribution is -0.143. The Labute approximate surface area is 104 Å². The minimum atomic E-state index is -1.00. The Morgan fingerprint density at radius 2 is 2.06 bits per heavy atom. The van der Waals surface area contributed by atoms with Crippen LogP contribution in [0.5, 0.6) is 0 Å². The summed E-state index contributed by atoms with van der Waals surface area (Å²) in [7, 11) is 2.75. The molecule has 1 unspecified atom stereocenters. The van der Waals surface area contributed by atoms with Gasteiger partial charge in [-0.3, -0.25) is 5.32 Å². The van der Waals surface area contributed by atoms with Crippen LogP contribution >= 0.6 is 0 Å². The van der Waals surface area contributed by atoms with E-state index in [1.807, 2.05) is 0 Å². The van der Waals surface area contributed by atoms with Crippen LogP contribution < -0.4 is 5.32 Å². The van der Waals surface area contributed by atoms with E-state index in [4.69, 9.17) is 4.74 Å². The zero-order valence-electron chi connectivity index (χ0n) is 10.2. The van der Waals surface area contributed by atoms with Crippen molar-refractivity contribution < 1.29 is 23.0 Å². The Morgan fingerprint density at radius 3 is 2.61 bits per heavy atom. The van der Waals surface area contributed by atoms with E-state index in [0.717, 1.165) is 12.1 Å². The monoisotopic (exact) mass is 259 g/mol. The van der Waals surface area contributed by atoms with Crippen molar-refractivity contribution in [3.63, 3.8) is 0 Å². The molecule has 1 atom stereocenters. The SMILES string of the molecule is COCCNC(C(=O)OC)c1ccc(F)c(F)c1. The molecule has 0 saturated heterocycles. The largest absolute Gasteiger partial charge is 0.468 e. The molecule has 0 amide bonds. The van der Waals surface area contributed by atoms with Crippen LogP contribution in [-0.4, -0.2) is 33.3 Å². The van der Waals surface area contributed by atoms with Crippen LogP contribution in [-0.2, 0) is 14.3 Å². The number of methoxy groups -OCH3 is 2. The number of nitrogens with one attached hydrogen (secondary N) is 1. The van der Waals surface area contributed by atoms with E-state index in [-0.39, 0.29) is 0 Å². The highest BCUT2D eigenvalue weighted by Gasteiger charge is 2.21. The summed E-state index contributed by atoms with van der Waals surface area (Å²) in [5, 5.41) is 2.85. The summed E-state index contributed by atoms with van der Waals surface area (Å²) < 4.78 is 35.4. The molecule has 0 aliphatic carbocycles. The van der Waals surface area contributed by atoms with E-state index in [1.54, 1.807) is 0 Å². The molecule has 1 aromatic rings. The minimum Gasteiger partial charge on any atom is -0.468 e. The molecule has 0 saturated carbocycles. The highest BCUT2D eigenvalue weighted by molar-refractivity contribution is 5.77. The van der Waals surface area contributed by atoms with Crippen molar-refractivity contribution in [3.8, 4) is 0 Å². The highest BCUT2D eigenvalue weighted by Crippen LogP contribution is 2.17. The zero-order chi connectivity index (χ0) is 13.5. The van der Waals surface area contributed by atoms with Crippen molar-refractivity contribution >= 4 is 5.97 Å². The molecular formula is C12H15F2NO3. The molecular weight excluding hydrogens is 244 g/mol. The smallest absolute Gasteiger partial charge is 0.327 e. The van der Waals surface area contributed by atoms with E-state index >= 15 is 0 Å². The van der Waals surface area contributed by atoms with Crippen LogP contribution in [0.3, 0.4) is 0 Å². The molecule has 1 N–H and O–H groups in total. The zero-order valence-corrected chi connectivity index (χ0v) is 10.2. The third-order valence-electron chi connectivity index (χ3n) is 2.37. The van der Waals surface area contributed by atoms with Gasteiger partial charge in [0.15, 0.2) is 11.6 Å². The van der Waals surface area contributed by atoms with Gasteiger partial charge >= 0.3 is 5.97 Å². The molecule has 1 rings (SSSR count). The lowest BCUT2D eigenvalue weighted by Crippen LogP contribution is -2.32. The fraction of sp³-hybridized carbons (Fsp3) is 0.417. The topological polar surface area (TPSA) is 47.6 Å². The Bertz CT molecular complexity index is 412. The average Bonchev–Trinajstić information content (AvgIpc) is 2.37. The van der Waals surface area contributed by atoms with E-state index in [1.165, 1.54) is 20.3 Å². The lowest BCUT2D eigenvalue weighted by atomic mass is 10.1. The minimum absolute atomic E-state index is 0.303. The average molecular weight is 259 g/mol. The van der Waals surface area contributed by atoms with Gasteiger partial charge in [0, 0.05) is 13.7 Å². The first kappa shape index (κ1) is 14.5. The number of ether oxygens (including phenoxy) is 2. The molecule has 0 radical (unpaired) electrons.